The minimum absolute atomic E-state index is 0.408. The van der Waals surface area contributed by atoms with Gasteiger partial charge in [0.1, 0.15) is 0 Å². The van der Waals surface area contributed by atoms with Crippen molar-refractivity contribution in [2.45, 2.75) is 0 Å². The summed E-state index contributed by atoms with van der Waals surface area (Å²) < 4.78 is 0. The Balaban J connectivity index is 2.41. The van der Waals surface area contributed by atoms with Crippen LogP contribution >= 0.6 is 11.3 Å². The summed E-state index contributed by atoms with van der Waals surface area (Å²) >= 11 is 1.53. The Bertz CT molecular complexity index is 386. The fourth-order valence-electron chi connectivity index (χ4n) is 0.908. The van der Waals surface area contributed by atoms with Crippen LogP contribution in [0.2, 0.25) is 0 Å². The second kappa shape index (κ2) is 3.46. The molecule has 0 aliphatic heterocycles. The van der Waals surface area contributed by atoms with Gasteiger partial charge in [0, 0.05) is 12.4 Å². The van der Waals surface area contributed by atoms with Gasteiger partial charge in [-0.2, -0.15) is 0 Å². The second-order valence-corrected chi connectivity index (χ2v) is 3.16. The lowest BCUT2D eigenvalue weighted by Gasteiger charge is -1.98. The number of anilines is 1. The van der Waals surface area contributed by atoms with Gasteiger partial charge in [-0.15, -0.1) is 11.3 Å². The molecule has 5 nitrogen and oxygen atoms in total. The lowest BCUT2D eigenvalue weighted by atomic mass is 10.4. The zero-order valence-corrected chi connectivity index (χ0v) is 7.45. The van der Waals surface area contributed by atoms with E-state index in [-0.39, 0.29) is 0 Å². The molecule has 0 aliphatic carbocycles. The zero-order chi connectivity index (χ0) is 9.10. The molecule has 3 N–H and O–H groups in total. The van der Waals surface area contributed by atoms with E-state index < -0.39 is 0 Å². The van der Waals surface area contributed by atoms with Crippen molar-refractivity contribution in [3.8, 4) is 10.6 Å². The van der Waals surface area contributed by atoms with Gasteiger partial charge in [-0.05, 0) is 6.07 Å². The second-order valence-electron chi connectivity index (χ2n) is 2.28. The van der Waals surface area contributed by atoms with Crippen LogP contribution in [0.25, 0.3) is 10.6 Å². The van der Waals surface area contributed by atoms with Crippen LogP contribution in [0.15, 0.2) is 24.0 Å². The molecule has 0 saturated heterocycles. The maximum Gasteiger partial charge on any atom is 0.237 e. The summed E-state index contributed by atoms with van der Waals surface area (Å²) in [5, 5.41) is 0. The molecule has 0 aromatic carbocycles. The molecule has 0 unspecified atom stereocenters. The van der Waals surface area contributed by atoms with Crippen molar-refractivity contribution in [2.75, 3.05) is 5.43 Å². The molecule has 0 saturated carbocycles. The minimum Gasteiger partial charge on any atom is -0.292 e. The predicted octanol–water partition coefficient (Wildman–Crippen LogP) is 0.886. The van der Waals surface area contributed by atoms with Gasteiger partial charge in [0.05, 0.1) is 16.1 Å². The van der Waals surface area contributed by atoms with Gasteiger partial charge < -0.3 is 0 Å². The smallest absolute Gasteiger partial charge is 0.237 e. The number of nitrogen functional groups attached to an aromatic ring is 1. The van der Waals surface area contributed by atoms with Gasteiger partial charge in [0.2, 0.25) is 5.95 Å². The summed E-state index contributed by atoms with van der Waals surface area (Å²) in [6.07, 6.45) is 3.41. The van der Waals surface area contributed by atoms with Crippen molar-refractivity contribution in [2.24, 2.45) is 5.84 Å². The first kappa shape index (κ1) is 8.09. The Morgan fingerprint density at radius 3 is 3.08 bits per heavy atom. The van der Waals surface area contributed by atoms with Gasteiger partial charge in [-0.3, -0.25) is 10.4 Å². The summed E-state index contributed by atoms with van der Waals surface area (Å²) in [6, 6.07) is 1.81. The summed E-state index contributed by atoms with van der Waals surface area (Å²) in [5.74, 6) is 5.59. The molecule has 0 fully saturated rings. The number of nitrogens with two attached hydrogens (primary N) is 1. The van der Waals surface area contributed by atoms with E-state index in [1.54, 1.807) is 17.9 Å². The summed E-state index contributed by atoms with van der Waals surface area (Å²) in [4.78, 5) is 13.0. The van der Waals surface area contributed by atoms with E-state index >= 15 is 0 Å². The van der Waals surface area contributed by atoms with E-state index in [4.69, 9.17) is 5.84 Å². The van der Waals surface area contributed by atoms with Crippen LogP contribution in [0.5, 0.6) is 0 Å². The third-order valence-corrected chi connectivity index (χ3v) is 2.27. The van der Waals surface area contributed by atoms with Crippen LogP contribution in [-0.4, -0.2) is 15.0 Å². The molecule has 0 aliphatic rings. The Morgan fingerprint density at radius 1 is 1.46 bits per heavy atom. The van der Waals surface area contributed by atoms with Crippen molar-refractivity contribution in [3.05, 3.63) is 24.0 Å². The highest BCUT2D eigenvalue weighted by molar-refractivity contribution is 7.13. The fourth-order valence-corrected chi connectivity index (χ4v) is 1.50. The van der Waals surface area contributed by atoms with Crippen molar-refractivity contribution >= 4 is 17.3 Å². The van der Waals surface area contributed by atoms with Gasteiger partial charge in [-0.25, -0.2) is 15.8 Å². The monoisotopic (exact) mass is 193 g/mol. The summed E-state index contributed by atoms with van der Waals surface area (Å²) in [7, 11) is 0. The van der Waals surface area contributed by atoms with Crippen LogP contribution in [0.3, 0.4) is 0 Å². The number of hydrogen-bond donors (Lipinski definition) is 2. The standard InChI is InChI=1S/C7H7N5S/c8-12-7-10-2-1-5(11-7)6-3-9-4-13-6/h1-4H,8H2,(H,10,11,12). The zero-order valence-electron chi connectivity index (χ0n) is 6.64. The molecular weight excluding hydrogens is 186 g/mol. The first-order valence-electron chi connectivity index (χ1n) is 3.58. The van der Waals surface area contributed by atoms with E-state index in [0.717, 1.165) is 10.6 Å². The topological polar surface area (TPSA) is 76.7 Å². The Kier molecular flexibility index (Phi) is 2.15. The van der Waals surface area contributed by atoms with Crippen LogP contribution in [0.4, 0.5) is 5.95 Å². The first-order valence-corrected chi connectivity index (χ1v) is 4.46. The van der Waals surface area contributed by atoms with Crippen molar-refractivity contribution in [1.82, 2.24) is 15.0 Å². The SMILES string of the molecule is NNc1nccc(-c2cncs2)n1. The number of hydrogen-bond acceptors (Lipinski definition) is 6. The highest BCUT2D eigenvalue weighted by atomic mass is 32.1. The molecule has 2 rings (SSSR count). The van der Waals surface area contributed by atoms with Crippen LogP contribution in [0, 0.1) is 0 Å². The van der Waals surface area contributed by atoms with Crippen LogP contribution < -0.4 is 11.3 Å². The fraction of sp³-hybridized carbons (Fsp3) is 0. The Morgan fingerprint density at radius 2 is 2.38 bits per heavy atom. The van der Waals surface area contributed by atoms with E-state index in [9.17, 15) is 0 Å². The Hall–Kier alpha value is -1.53. The number of rotatable bonds is 2. The summed E-state index contributed by atoms with van der Waals surface area (Å²) in [6.45, 7) is 0. The largest absolute Gasteiger partial charge is 0.292 e. The van der Waals surface area contributed by atoms with Crippen molar-refractivity contribution in [3.63, 3.8) is 0 Å². The number of nitrogens with zero attached hydrogens (tertiary/aromatic N) is 3. The number of thiazole rings is 1. The van der Waals surface area contributed by atoms with E-state index in [1.807, 2.05) is 6.07 Å². The molecule has 0 bridgehead atoms. The van der Waals surface area contributed by atoms with Gasteiger partial charge in [0.25, 0.3) is 0 Å². The van der Waals surface area contributed by atoms with Gasteiger partial charge in [-0.1, -0.05) is 0 Å². The quantitative estimate of drug-likeness (QED) is 0.547. The Labute approximate surface area is 78.6 Å². The maximum atomic E-state index is 5.18. The third-order valence-electron chi connectivity index (χ3n) is 1.47. The maximum absolute atomic E-state index is 5.18. The molecule has 66 valence electrons. The van der Waals surface area contributed by atoms with Gasteiger partial charge in [0.15, 0.2) is 0 Å². The number of aromatic nitrogens is 3. The predicted molar refractivity (Wildman–Crippen MR) is 51.0 cm³/mol. The van der Waals surface area contributed by atoms with E-state index in [1.165, 1.54) is 11.3 Å². The molecule has 0 spiro atoms. The molecule has 0 amide bonds. The normalized spacial score (nSPS) is 9.92. The first-order chi connectivity index (χ1) is 6.40. The summed E-state index contributed by atoms with van der Waals surface area (Å²) in [5.41, 5.74) is 4.97. The van der Waals surface area contributed by atoms with Crippen LogP contribution in [-0.2, 0) is 0 Å². The van der Waals surface area contributed by atoms with Crippen molar-refractivity contribution in [1.29, 1.82) is 0 Å². The van der Waals surface area contributed by atoms with E-state index in [0.29, 0.717) is 5.95 Å². The molecular formula is C7H7N5S. The van der Waals surface area contributed by atoms with Crippen LogP contribution in [0.1, 0.15) is 0 Å². The molecule has 2 heterocycles. The third kappa shape index (κ3) is 1.63. The lowest BCUT2D eigenvalue weighted by molar-refractivity contribution is 1.12. The number of nitrogens with one attached hydrogen (secondary N) is 1. The van der Waals surface area contributed by atoms with Crippen molar-refractivity contribution < 1.29 is 0 Å². The molecule has 2 aromatic heterocycles. The molecule has 0 radical (unpaired) electrons. The molecule has 0 atom stereocenters. The minimum atomic E-state index is 0.408. The lowest BCUT2D eigenvalue weighted by Crippen LogP contribution is -2.10. The highest BCUT2D eigenvalue weighted by Crippen LogP contribution is 2.20. The highest BCUT2D eigenvalue weighted by Gasteiger charge is 2.01. The number of hydrazine groups is 1. The average Bonchev–Trinajstić information content (AvgIpc) is 2.71. The molecule has 6 heteroatoms. The average molecular weight is 193 g/mol. The van der Waals surface area contributed by atoms with E-state index in [2.05, 4.69) is 20.4 Å². The molecule has 13 heavy (non-hydrogen) atoms. The van der Waals surface area contributed by atoms with Gasteiger partial charge >= 0.3 is 0 Å². The molecule has 2 aromatic rings.